The van der Waals surface area contributed by atoms with Gasteiger partial charge in [-0.2, -0.15) is 0 Å². The number of aromatic nitrogens is 2. The third-order valence-corrected chi connectivity index (χ3v) is 2.70. The number of anilines is 1. The van der Waals surface area contributed by atoms with E-state index in [0.29, 0.717) is 12.5 Å². The van der Waals surface area contributed by atoms with Gasteiger partial charge in [0.15, 0.2) is 0 Å². The first kappa shape index (κ1) is 11.3. The number of rotatable bonds is 3. The highest BCUT2D eigenvalue weighted by Crippen LogP contribution is 2.22. The molecule has 0 bridgehead atoms. The molecule has 1 aromatic rings. The lowest BCUT2D eigenvalue weighted by Crippen LogP contribution is -2.17. The average Bonchev–Trinajstić information content (AvgIpc) is 2.27. The fourth-order valence-corrected chi connectivity index (χ4v) is 1.95. The molecule has 1 aliphatic rings. The Labute approximate surface area is 96.4 Å². The van der Waals surface area contributed by atoms with E-state index in [1.54, 1.807) is 0 Å². The quantitative estimate of drug-likeness (QED) is 0.845. The summed E-state index contributed by atoms with van der Waals surface area (Å²) in [7, 11) is 1.90. The van der Waals surface area contributed by atoms with E-state index in [2.05, 4.69) is 29.1 Å². The van der Waals surface area contributed by atoms with Crippen LogP contribution in [0.15, 0.2) is 0 Å². The summed E-state index contributed by atoms with van der Waals surface area (Å²) in [5.74, 6) is 2.46. The number of ether oxygens (including phenoxy) is 1. The Kier molecular flexibility index (Phi) is 3.39. The Morgan fingerprint density at radius 3 is 2.88 bits per heavy atom. The zero-order valence-corrected chi connectivity index (χ0v) is 10.2. The predicted octanol–water partition coefficient (Wildman–Crippen LogP) is 1.79. The maximum atomic E-state index is 5.44. The van der Waals surface area contributed by atoms with Crippen LogP contribution in [0.25, 0.3) is 0 Å². The predicted molar refractivity (Wildman–Crippen MR) is 63.5 cm³/mol. The lowest BCUT2D eigenvalue weighted by Gasteiger charge is -2.19. The van der Waals surface area contributed by atoms with Crippen molar-refractivity contribution in [3.05, 3.63) is 17.1 Å². The molecular weight excluding hydrogens is 202 g/mol. The Morgan fingerprint density at radius 2 is 2.19 bits per heavy atom. The van der Waals surface area contributed by atoms with E-state index in [4.69, 9.17) is 4.74 Å². The molecule has 1 aliphatic heterocycles. The molecule has 0 amide bonds. The molecule has 2 rings (SSSR count). The molecular formula is C12H19N3O. The molecule has 0 fully saturated rings. The van der Waals surface area contributed by atoms with Crippen LogP contribution >= 0.6 is 0 Å². The number of hydrogen-bond donors (Lipinski definition) is 1. The van der Waals surface area contributed by atoms with Crippen LogP contribution < -0.4 is 5.32 Å². The van der Waals surface area contributed by atoms with E-state index in [1.807, 2.05) is 7.05 Å². The molecule has 0 radical (unpaired) electrons. The molecule has 4 nitrogen and oxygen atoms in total. The van der Waals surface area contributed by atoms with Crippen LogP contribution in [-0.4, -0.2) is 23.6 Å². The number of fused-ring (bicyclic) bond motifs is 1. The monoisotopic (exact) mass is 221 g/mol. The van der Waals surface area contributed by atoms with Crippen molar-refractivity contribution in [2.45, 2.75) is 33.3 Å². The van der Waals surface area contributed by atoms with Gasteiger partial charge in [-0.1, -0.05) is 13.8 Å². The lowest BCUT2D eigenvalue weighted by molar-refractivity contribution is 0.109. The van der Waals surface area contributed by atoms with Crippen LogP contribution in [-0.2, 0) is 24.2 Å². The molecule has 88 valence electrons. The van der Waals surface area contributed by atoms with Gasteiger partial charge < -0.3 is 10.1 Å². The summed E-state index contributed by atoms with van der Waals surface area (Å²) in [6.45, 7) is 5.78. The third kappa shape index (κ3) is 2.32. The molecule has 0 aliphatic carbocycles. The number of nitrogens with zero attached hydrogens (tertiary/aromatic N) is 2. The molecule has 4 heteroatoms. The van der Waals surface area contributed by atoms with Gasteiger partial charge in [-0.05, 0) is 5.92 Å². The second-order valence-corrected chi connectivity index (χ2v) is 4.56. The average molecular weight is 221 g/mol. The summed E-state index contributed by atoms with van der Waals surface area (Å²) in [5, 5.41) is 3.14. The zero-order chi connectivity index (χ0) is 11.5. The van der Waals surface area contributed by atoms with Crippen molar-refractivity contribution in [3.8, 4) is 0 Å². The highest BCUT2D eigenvalue weighted by Gasteiger charge is 2.17. The minimum absolute atomic E-state index is 0.586. The SMILES string of the molecule is CNc1nc(CC(C)C)nc2c1COCC2. The van der Waals surface area contributed by atoms with Crippen molar-refractivity contribution in [1.82, 2.24) is 9.97 Å². The summed E-state index contributed by atoms with van der Waals surface area (Å²) < 4.78 is 5.44. The maximum Gasteiger partial charge on any atom is 0.135 e. The summed E-state index contributed by atoms with van der Waals surface area (Å²) in [4.78, 5) is 9.17. The lowest BCUT2D eigenvalue weighted by atomic mass is 10.1. The molecule has 0 aromatic carbocycles. The van der Waals surface area contributed by atoms with Gasteiger partial charge in [0, 0.05) is 25.5 Å². The van der Waals surface area contributed by atoms with E-state index >= 15 is 0 Å². The van der Waals surface area contributed by atoms with Crippen LogP contribution in [0.3, 0.4) is 0 Å². The molecule has 2 heterocycles. The summed E-state index contributed by atoms with van der Waals surface area (Å²) >= 11 is 0. The second-order valence-electron chi connectivity index (χ2n) is 4.56. The molecule has 0 atom stereocenters. The normalized spacial score (nSPS) is 15.0. The standard InChI is InChI=1S/C12H19N3O/c1-8(2)6-11-14-10-4-5-16-7-9(10)12(13-3)15-11/h8H,4-7H2,1-3H3,(H,13,14,15). The first-order valence-corrected chi connectivity index (χ1v) is 5.85. The van der Waals surface area contributed by atoms with Crippen LogP contribution in [0.5, 0.6) is 0 Å². The Hall–Kier alpha value is -1.16. The highest BCUT2D eigenvalue weighted by atomic mass is 16.5. The Morgan fingerprint density at radius 1 is 1.38 bits per heavy atom. The fraction of sp³-hybridized carbons (Fsp3) is 0.667. The summed E-state index contributed by atoms with van der Waals surface area (Å²) in [6, 6.07) is 0. The van der Waals surface area contributed by atoms with E-state index in [9.17, 15) is 0 Å². The van der Waals surface area contributed by atoms with Gasteiger partial charge in [0.2, 0.25) is 0 Å². The van der Waals surface area contributed by atoms with Crippen molar-refractivity contribution in [2.75, 3.05) is 19.0 Å². The van der Waals surface area contributed by atoms with Gasteiger partial charge >= 0.3 is 0 Å². The van der Waals surface area contributed by atoms with Crippen molar-refractivity contribution >= 4 is 5.82 Å². The van der Waals surface area contributed by atoms with Crippen molar-refractivity contribution in [3.63, 3.8) is 0 Å². The zero-order valence-electron chi connectivity index (χ0n) is 10.2. The van der Waals surface area contributed by atoms with Crippen molar-refractivity contribution in [1.29, 1.82) is 0 Å². The van der Waals surface area contributed by atoms with Crippen LogP contribution in [0.1, 0.15) is 30.9 Å². The minimum atomic E-state index is 0.586. The van der Waals surface area contributed by atoms with Gasteiger partial charge in [0.05, 0.1) is 18.9 Å². The molecule has 1 aromatic heterocycles. The fourth-order valence-electron chi connectivity index (χ4n) is 1.95. The molecule has 0 unspecified atom stereocenters. The minimum Gasteiger partial charge on any atom is -0.376 e. The van der Waals surface area contributed by atoms with Gasteiger partial charge in [0.1, 0.15) is 11.6 Å². The second kappa shape index (κ2) is 4.78. The van der Waals surface area contributed by atoms with E-state index in [1.165, 1.54) is 0 Å². The first-order chi connectivity index (χ1) is 7.70. The Balaban J connectivity index is 2.35. The molecule has 16 heavy (non-hydrogen) atoms. The molecule has 0 saturated carbocycles. The number of nitrogens with one attached hydrogen (secondary N) is 1. The van der Waals surface area contributed by atoms with Crippen LogP contribution in [0.2, 0.25) is 0 Å². The van der Waals surface area contributed by atoms with E-state index in [-0.39, 0.29) is 0 Å². The largest absolute Gasteiger partial charge is 0.376 e. The summed E-state index contributed by atoms with van der Waals surface area (Å²) in [6.07, 6.45) is 1.83. The Bertz CT molecular complexity index is 360. The molecule has 0 saturated heterocycles. The topological polar surface area (TPSA) is 47.0 Å². The first-order valence-electron chi connectivity index (χ1n) is 5.85. The van der Waals surface area contributed by atoms with Crippen LogP contribution in [0, 0.1) is 5.92 Å². The van der Waals surface area contributed by atoms with Crippen molar-refractivity contribution < 1.29 is 4.74 Å². The van der Waals surface area contributed by atoms with Crippen LogP contribution in [0.4, 0.5) is 5.82 Å². The summed E-state index contributed by atoms with van der Waals surface area (Å²) in [5.41, 5.74) is 2.28. The van der Waals surface area contributed by atoms with E-state index < -0.39 is 0 Å². The highest BCUT2D eigenvalue weighted by molar-refractivity contribution is 5.46. The molecule has 0 spiro atoms. The smallest absolute Gasteiger partial charge is 0.135 e. The van der Waals surface area contributed by atoms with Gasteiger partial charge in [-0.15, -0.1) is 0 Å². The van der Waals surface area contributed by atoms with Crippen molar-refractivity contribution in [2.24, 2.45) is 5.92 Å². The van der Waals surface area contributed by atoms with E-state index in [0.717, 1.165) is 42.3 Å². The van der Waals surface area contributed by atoms with Gasteiger partial charge in [-0.3, -0.25) is 0 Å². The van der Waals surface area contributed by atoms with Gasteiger partial charge in [-0.25, -0.2) is 9.97 Å². The van der Waals surface area contributed by atoms with Gasteiger partial charge in [0.25, 0.3) is 0 Å². The number of hydrogen-bond acceptors (Lipinski definition) is 4. The third-order valence-electron chi connectivity index (χ3n) is 2.70. The maximum absolute atomic E-state index is 5.44. The molecule has 1 N–H and O–H groups in total.